The van der Waals surface area contributed by atoms with Crippen LogP contribution >= 0.6 is 0 Å². The van der Waals surface area contributed by atoms with E-state index in [1.807, 2.05) is 0 Å². The zero-order valence-corrected chi connectivity index (χ0v) is 10.9. The van der Waals surface area contributed by atoms with Gasteiger partial charge in [0.05, 0.1) is 0 Å². The quantitative estimate of drug-likeness (QED) is 0.862. The number of nitrogens with zero attached hydrogens (tertiary/aromatic N) is 2. The third-order valence-corrected chi connectivity index (χ3v) is 3.50. The van der Waals surface area contributed by atoms with E-state index in [2.05, 4.69) is 48.2 Å². The Balaban J connectivity index is 2.03. The first-order chi connectivity index (χ1) is 8.16. The standard InChI is InChI=1S/C14H23N3/c1-16(2)14-6-4-3-5-12(14)11-17-9-7-13(15)8-10-17/h3-6,13H,7-11,15H2,1-2H3. The predicted molar refractivity (Wildman–Crippen MR) is 73.3 cm³/mol. The lowest BCUT2D eigenvalue weighted by atomic mass is 10.0. The third kappa shape index (κ3) is 3.20. The fourth-order valence-corrected chi connectivity index (χ4v) is 2.43. The minimum atomic E-state index is 0.412. The van der Waals surface area contributed by atoms with Crippen LogP contribution in [0.15, 0.2) is 24.3 Å². The predicted octanol–water partition coefficient (Wildman–Crippen LogP) is 1.68. The lowest BCUT2D eigenvalue weighted by molar-refractivity contribution is 0.206. The van der Waals surface area contributed by atoms with E-state index in [1.165, 1.54) is 11.3 Å². The zero-order valence-electron chi connectivity index (χ0n) is 10.9. The van der Waals surface area contributed by atoms with E-state index in [0.717, 1.165) is 32.5 Å². The van der Waals surface area contributed by atoms with Crippen molar-refractivity contribution in [3.8, 4) is 0 Å². The van der Waals surface area contributed by atoms with E-state index in [1.54, 1.807) is 0 Å². The molecule has 0 radical (unpaired) electrons. The number of para-hydroxylation sites is 1. The first-order valence-corrected chi connectivity index (χ1v) is 6.40. The van der Waals surface area contributed by atoms with Crippen molar-refractivity contribution in [1.82, 2.24) is 4.90 Å². The SMILES string of the molecule is CN(C)c1ccccc1CN1CCC(N)CC1. The van der Waals surface area contributed by atoms with E-state index in [0.29, 0.717) is 6.04 Å². The number of piperidine rings is 1. The van der Waals surface area contributed by atoms with Crippen molar-refractivity contribution in [2.45, 2.75) is 25.4 Å². The molecule has 1 aromatic rings. The Morgan fingerprint density at radius 2 is 1.88 bits per heavy atom. The normalized spacial score (nSPS) is 18.3. The van der Waals surface area contributed by atoms with Crippen LogP contribution in [0.3, 0.4) is 0 Å². The Morgan fingerprint density at radius 3 is 2.53 bits per heavy atom. The van der Waals surface area contributed by atoms with Gasteiger partial charge in [0.1, 0.15) is 0 Å². The highest BCUT2D eigenvalue weighted by atomic mass is 15.1. The first kappa shape index (κ1) is 12.4. The van der Waals surface area contributed by atoms with Gasteiger partial charge in [-0.25, -0.2) is 0 Å². The summed E-state index contributed by atoms with van der Waals surface area (Å²) < 4.78 is 0. The fraction of sp³-hybridized carbons (Fsp3) is 0.571. The van der Waals surface area contributed by atoms with E-state index >= 15 is 0 Å². The van der Waals surface area contributed by atoms with Crippen molar-refractivity contribution in [1.29, 1.82) is 0 Å². The second kappa shape index (κ2) is 5.52. The van der Waals surface area contributed by atoms with E-state index in [-0.39, 0.29) is 0 Å². The maximum Gasteiger partial charge on any atom is 0.0406 e. The number of anilines is 1. The van der Waals surface area contributed by atoms with Gasteiger partial charge in [-0.15, -0.1) is 0 Å². The summed E-state index contributed by atoms with van der Waals surface area (Å²) in [6.07, 6.45) is 2.26. The Bertz CT molecular complexity index is 354. The lowest BCUT2D eigenvalue weighted by Gasteiger charge is -2.31. The Morgan fingerprint density at radius 1 is 1.24 bits per heavy atom. The van der Waals surface area contributed by atoms with Gasteiger partial charge in [0, 0.05) is 32.4 Å². The summed E-state index contributed by atoms with van der Waals surface area (Å²) in [6, 6.07) is 9.05. The van der Waals surface area contributed by atoms with Gasteiger partial charge in [-0.3, -0.25) is 4.90 Å². The van der Waals surface area contributed by atoms with Gasteiger partial charge in [-0.2, -0.15) is 0 Å². The molecule has 2 rings (SSSR count). The molecular weight excluding hydrogens is 210 g/mol. The van der Waals surface area contributed by atoms with Crippen molar-refractivity contribution in [2.24, 2.45) is 5.73 Å². The Kier molecular flexibility index (Phi) is 4.02. The highest BCUT2D eigenvalue weighted by molar-refractivity contribution is 5.52. The van der Waals surface area contributed by atoms with Gasteiger partial charge in [-0.05, 0) is 37.6 Å². The summed E-state index contributed by atoms with van der Waals surface area (Å²) in [5, 5.41) is 0. The highest BCUT2D eigenvalue weighted by Crippen LogP contribution is 2.21. The second-order valence-corrected chi connectivity index (χ2v) is 5.14. The minimum Gasteiger partial charge on any atom is -0.377 e. The van der Waals surface area contributed by atoms with Crippen LogP contribution in [0.1, 0.15) is 18.4 Å². The number of hydrogen-bond acceptors (Lipinski definition) is 3. The summed E-state index contributed by atoms with van der Waals surface area (Å²) in [7, 11) is 4.20. The molecule has 1 aromatic carbocycles. The molecule has 1 fully saturated rings. The fourth-order valence-electron chi connectivity index (χ4n) is 2.43. The number of rotatable bonds is 3. The van der Waals surface area contributed by atoms with E-state index < -0.39 is 0 Å². The molecule has 1 heterocycles. The number of likely N-dealkylation sites (tertiary alicyclic amines) is 1. The number of benzene rings is 1. The summed E-state index contributed by atoms with van der Waals surface area (Å²) in [4.78, 5) is 4.69. The molecule has 3 nitrogen and oxygen atoms in total. The maximum atomic E-state index is 5.93. The van der Waals surface area contributed by atoms with Gasteiger partial charge in [0.25, 0.3) is 0 Å². The lowest BCUT2D eigenvalue weighted by Crippen LogP contribution is -2.39. The number of nitrogens with two attached hydrogens (primary N) is 1. The summed E-state index contributed by atoms with van der Waals surface area (Å²) in [5.41, 5.74) is 8.67. The van der Waals surface area contributed by atoms with Crippen LogP contribution in [0.2, 0.25) is 0 Å². The molecule has 1 saturated heterocycles. The number of hydrogen-bond donors (Lipinski definition) is 1. The molecule has 0 aliphatic carbocycles. The van der Waals surface area contributed by atoms with Crippen molar-refractivity contribution in [2.75, 3.05) is 32.1 Å². The molecule has 1 aliphatic rings. The van der Waals surface area contributed by atoms with Crippen LogP contribution in [-0.2, 0) is 6.54 Å². The van der Waals surface area contributed by atoms with Crippen molar-refractivity contribution in [3.63, 3.8) is 0 Å². The molecule has 0 saturated carbocycles. The summed E-state index contributed by atoms with van der Waals surface area (Å²) in [5.74, 6) is 0. The van der Waals surface area contributed by atoms with E-state index in [9.17, 15) is 0 Å². The minimum absolute atomic E-state index is 0.412. The van der Waals surface area contributed by atoms with Crippen molar-refractivity contribution >= 4 is 5.69 Å². The van der Waals surface area contributed by atoms with Gasteiger partial charge in [0.15, 0.2) is 0 Å². The van der Waals surface area contributed by atoms with Crippen LogP contribution in [0.4, 0.5) is 5.69 Å². The average Bonchev–Trinajstić information content (AvgIpc) is 2.32. The van der Waals surface area contributed by atoms with E-state index in [4.69, 9.17) is 5.73 Å². The van der Waals surface area contributed by atoms with Crippen molar-refractivity contribution in [3.05, 3.63) is 29.8 Å². The smallest absolute Gasteiger partial charge is 0.0406 e. The second-order valence-electron chi connectivity index (χ2n) is 5.14. The van der Waals surface area contributed by atoms with Crippen LogP contribution < -0.4 is 10.6 Å². The largest absolute Gasteiger partial charge is 0.377 e. The highest BCUT2D eigenvalue weighted by Gasteiger charge is 2.17. The third-order valence-electron chi connectivity index (χ3n) is 3.50. The average molecular weight is 233 g/mol. The van der Waals surface area contributed by atoms with Crippen LogP contribution in [0.5, 0.6) is 0 Å². The maximum absolute atomic E-state index is 5.93. The zero-order chi connectivity index (χ0) is 12.3. The van der Waals surface area contributed by atoms with Gasteiger partial charge in [-0.1, -0.05) is 18.2 Å². The van der Waals surface area contributed by atoms with Gasteiger partial charge < -0.3 is 10.6 Å². The molecule has 0 spiro atoms. The monoisotopic (exact) mass is 233 g/mol. The topological polar surface area (TPSA) is 32.5 Å². The molecule has 0 unspecified atom stereocenters. The molecule has 0 bridgehead atoms. The van der Waals surface area contributed by atoms with Crippen LogP contribution in [-0.4, -0.2) is 38.1 Å². The molecule has 2 N–H and O–H groups in total. The Hall–Kier alpha value is -1.06. The molecule has 94 valence electrons. The Labute approximate surface area is 104 Å². The van der Waals surface area contributed by atoms with Gasteiger partial charge in [0.2, 0.25) is 0 Å². The first-order valence-electron chi connectivity index (χ1n) is 6.40. The summed E-state index contributed by atoms with van der Waals surface area (Å²) >= 11 is 0. The van der Waals surface area contributed by atoms with Crippen LogP contribution in [0.25, 0.3) is 0 Å². The molecule has 0 amide bonds. The van der Waals surface area contributed by atoms with Crippen LogP contribution in [0, 0.1) is 0 Å². The molecule has 3 heteroatoms. The molecule has 17 heavy (non-hydrogen) atoms. The molecule has 0 atom stereocenters. The molecule has 0 aromatic heterocycles. The van der Waals surface area contributed by atoms with Crippen molar-refractivity contribution < 1.29 is 0 Å². The van der Waals surface area contributed by atoms with Gasteiger partial charge >= 0.3 is 0 Å². The summed E-state index contributed by atoms with van der Waals surface area (Å²) in [6.45, 7) is 3.30. The molecule has 1 aliphatic heterocycles. The molecular formula is C14H23N3.